The molecular weight excluding hydrogens is 296 g/mol. The molecule has 0 saturated carbocycles. The molecule has 0 aliphatic carbocycles. The van der Waals surface area contributed by atoms with Gasteiger partial charge in [0.2, 0.25) is 6.79 Å². The number of hydrogen-bond acceptors (Lipinski definition) is 5. The zero-order valence-corrected chi connectivity index (χ0v) is 12.5. The largest absolute Gasteiger partial charge is 0.424 e. The molecule has 2 N–H and O–H groups in total. The number of hydrogen-bond donors (Lipinski definition) is 2. The molecule has 0 spiro atoms. The minimum Gasteiger partial charge on any atom is -0.424 e. The number of rotatable bonds is 4. The molecule has 2 aromatic carbocycles. The van der Waals surface area contributed by atoms with Crippen molar-refractivity contribution in [3.63, 3.8) is 0 Å². The number of amidine groups is 1. The average Bonchev–Trinajstić information content (AvgIpc) is 2.55. The van der Waals surface area contributed by atoms with Crippen LogP contribution in [0.15, 0.2) is 48.5 Å². The van der Waals surface area contributed by atoms with Gasteiger partial charge in [-0.1, -0.05) is 30.3 Å². The summed E-state index contributed by atoms with van der Waals surface area (Å²) in [5.74, 6) is -0.704. The SMILES string of the molecule is Cc1[c]ccc(C(=N)NC(=O)OCOC(=O)c2ccccc2)c1. The van der Waals surface area contributed by atoms with E-state index in [1.54, 1.807) is 48.5 Å². The third-order valence-electron chi connectivity index (χ3n) is 2.85. The van der Waals surface area contributed by atoms with Gasteiger partial charge in [-0.3, -0.25) is 10.7 Å². The molecule has 0 aliphatic heterocycles. The van der Waals surface area contributed by atoms with E-state index >= 15 is 0 Å². The van der Waals surface area contributed by atoms with Crippen molar-refractivity contribution < 1.29 is 19.1 Å². The second kappa shape index (κ2) is 7.74. The molecule has 23 heavy (non-hydrogen) atoms. The molecule has 2 rings (SSSR count). The maximum Gasteiger partial charge on any atom is 0.415 e. The van der Waals surface area contributed by atoms with E-state index in [0.717, 1.165) is 5.56 Å². The van der Waals surface area contributed by atoms with E-state index in [1.807, 2.05) is 6.92 Å². The van der Waals surface area contributed by atoms with Gasteiger partial charge < -0.3 is 9.47 Å². The van der Waals surface area contributed by atoms with Crippen LogP contribution < -0.4 is 5.32 Å². The fraction of sp³-hybridized carbons (Fsp3) is 0.118. The lowest BCUT2D eigenvalue weighted by molar-refractivity contribution is -0.00115. The van der Waals surface area contributed by atoms with Gasteiger partial charge in [-0.05, 0) is 36.8 Å². The number of amides is 1. The maximum atomic E-state index is 11.6. The summed E-state index contributed by atoms with van der Waals surface area (Å²) in [6.45, 7) is 1.30. The van der Waals surface area contributed by atoms with Gasteiger partial charge in [-0.25, -0.2) is 9.59 Å². The Morgan fingerprint density at radius 3 is 2.57 bits per heavy atom. The first-order valence-corrected chi connectivity index (χ1v) is 6.79. The van der Waals surface area contributed by atoms with Crippen molar-refractivity contribution in [3.8, 4) is 0 Å². The Kier molecular flexibility index (Phi) is 5.46. The monoisotopic (exact) mass is 311 g/mol. The Hall–Kier alpha value is -3.15. The number of benzene rings is 2. The van der Waals surface area contributed by atoms with E-state index < -0.39 is 18.9 Å². The normalized spacial score (nSPS) is 9.78. The molecule has 2 aromatic rings. The van der Waals surface area contributed by atoms with Crippen molar-refractivity contribution in [1.29, 1.82) is 5.41 Å². The molecule has 0 saturated heterocycles. The summed E-state index contributed by atoms with van der Waals surface area (Å²) in [4.78, 5) is 23.2. The standard InChI is InChI=1S/C17H15N2O4/c1-12-6-5-9-14(10-12)15(18)19-17(21)23-11-22-16(20)13-7-3-2-4-8-13/h2-5,7-10H,11H2,1H3,(H2,18,19,21). The van der Waals surface area contributed by atoms with Gasteiger partial charge in [-0.15, -0.1) is 0 Å². The van der Waals surface area contributed by atoms with Crippen LogP contribution in [0.2, 0.25) is 0 Å². The Morgan fingerprint density at radius 1 is 1.13 bits per heavy atom. The highest BCUT2D eigenvalue weighted by Crippen LogP contribution is 2.03. The van der Waals surface area contributed by atoms with Gasteiger partial charge in [-0.2, -0.15) is 0 Å². The molecule has 0 heterocycles. The van der Waals surface area contributed by atoms with Crippen LogP contribution in [0.4, 0.5) is 4.79 Å². The van der Waals surface area contributed by atoms with E-state index in [9.17, 15) is 9.59 Å². The Morgan fingerprint density at radius 2 is 1.87 bits per heavy atom. The van der Waals surface area contributed by atoms with Crippen LogP contribution >= 0.6 is 0 Å². The molecular formula is C17H15N2O4. The van der Waals surface area contributed by atoms with Crippen LogP contribution in [-0.2, 0) is 9.47 Å². The van der Waals surface area contributed by atoms with Crippen LogP contribution in [0.25, 0.3) is 0 Å². The van der Waals surface area contributed by atoms with E-state index in [0.29, 0.717) is 11.1 Å². The summed E-state index contributed by atoms with van der Waals surface area (Å²) in [5, 5.41) is 10.0. The smallest absolute Gasteiger partial charge is 0.415 e. The number of esters is 1. The maximum absolute atomic E-state index is 11.6. The van der Waals surface area contributed by atoms with Gasteiger partial charge in [0, 0.05) is 5.56 Å². The highest BCUT2D eigenvalue weighted by molar-refractivity contribution is 6.04. The molecule has 0 unspecified atom stereocenters. The summed E-state index contributed by atoms with van der Waals surface area (Å²) >= 11 is 0. The molecule has 0 aromatic heterocycles. The van der Waals surface area contributed by atoms with Crippen molar-refractivity contribution >= 4 is 17.9 Å². The summed E-state index contributed by atoms with van der Waals surface area (Å²) in [6, 6.07) is 16.3. The third-order valence-corrected chi connectivity index (χ3v) is 2.85. The number of carbonyl (C=O) groups is 2. The van der Waals surface area contributed by atoms with E-state index in [1.165, 1.54) is 0 Å². The lowest BCUT2D eigenvalue weighted by atomic mass is 10.1. The Labute approximate surface area is 133 Å². The van der Waals surface area contributed by atoms with Gasteiger partial charge in [0.05, 0.1) is 5.56 Å². The highest BCUT2D eigenvalue weighted by atomic mass is 16.7. The molecule has 117 valence electrons. The third kappa shape index (κ3) is 4.96. The lowest BCUT2D eigenvalue weighted by Gasteiger charge is -2.09. The first-order chi connectivity index (χ1) is 11.1. The van der Waals surface area contributed by atoms with Gasteiger partial charge in [0.15, 0.2) is 0 Å². The van der Waals surface area contributed by atoms with Crippen molar-refractivity contribution in [3.05, 3.63) is 71.3 Å². The molecule has 6 heteroatoms. The van der Waals surface area contributed by atoms with Crippen molar-refractivity contribution in [2.75, 3.05) is 6.79 Å². The Balaban J connectivity index is 1.77. The lowest BCUT2D eigenvalue weighted by Crippen LogP contribution is -2.32. The minimum atomic E-state index is -0.874. The molecule has 0 aliphatic rings. The first kappa shape index (κ1) is 16.2. The summed E-state index contributed by atoms with van der Waals surface area (Å²) in [6.07, 6.45) is -0.874. The predicted molar refractivity (Wildman–Crippen MR) is 83.2 cm³/mol. The van der Waals surface area contributed by atoms with Gasteiger partial charge >= 0.3 is 12.1 Å². The fourth-order valence-electron chi connectivity index (χ4n) is 1.75. The number of ether oxygens (including phenoxy) is 2. The second-order valence-electron chi connectivity index (χ2n) is 4.61. The summed E-state index contributed by atoms with van der Waals surface area (Å²) in [7, 11) is 0. The molecule has 0 bridgehead atoms. The highest BCUT2D eigenvalue weighted by Gasteiger charge is 2.10. The van der Waals surface area contributed by atoms with E-state index in [2.05, 4.69) is 11.4 Å². The molecule has 0 atom stereocenters. The van der Waals surface area contributed by atoms with E-state index in [4.69, 9.17) is 14.9 Å². The molecule has 6 nitrogen and oxygen atoms in total. The van der Waals surface area contributed by atoms with Crippen molar-refractivity contribution in [1.82, 2.24) is 5.32 Å². The predicted octanol–water partition coefficient (Wildman–Crippen LogP) is 2.66. The second-order valence-corrected chi connectivity index (χ2v) is 4.61. The van der Waals surface area contributed by atoms with Crippen LogP contribution in [0.1, 0.15) is 21.5 Å². The summed E-state index contributed by atoms with van der Waals surface area (Å²) in [5.41, 5.74) is 1.74. The quantitative estimate of drug-likeness (QED) is 0.393. The Bertz CT molecular complexity index is 714. The number of alkyl carbamates (subject to hydrolysis) is 1. The number of carbonyl (C=O) groups excluding carboxylic acids is 2. The average molecular weight is 311 g/mol. The minimum absolute atomic E-state index is 0.110. The van der Waals surface area contributed by atoms with Crippen LogP contribution in [0.3, 0.4) is 0 Å². The molecule has 0 fully saturated rings. The van der Waals surface area contributed by atoms with Crippen LogP contribution in [0, 0.1) is 18.4 Å². The van der Waals surface area contributed by atoms with Crippen LogP contribution in [0.5, 0.6) is 0 Å². The van der Waals surface area contributed by atoms with Gasteiger partial charge in [0.1, 0.15) is 5.84 Å². The number of nitrogens with one attached hydrogen (secondary N) is 2. The number of aryl methyl sites for hydroxylation is 1. The topological polar surface area (TPSA) is 88.5 Å². The summed E-state index contributed by atoms with van der Waals surface area (Å²) < 4.78 is 9.52. The zero-order chi connectivity index (χ0) is 16.7. The van der Waals surface area contributed by atoms with Crippen LogP contribution in [-0.4, -0.2) is 24.7 Å². The molecule has 1 amide bonds. The van der Waals surface area contributed by atoms with Crippen molar-refractivity contribution in [2.24, 2.45) is 0 Å². The fourth-order valence-corrected chi connectivity index (χ4v) is 1.75. The van der Waals surface area contributed by atoms with Gasteiger partial charge in [0.25, 0.3) is 0 Å². The van der Waals surface area contributed by atoms with Crippen molar-refractivity contribution in [2.45, 2.75) is 6.92 Å². The van der Waals surface area contributed by atoms with E-state index in [-0.39, 0.29) is 5.84 Å². The first-order valence-electron chi connectivity index (χ1n) is 6.79. The molecule has 1 radical (unpaired) electrons. The zero-order valence-electron chi connectivity index (χ0n) is 12.5.